The van der Waals surface area contributed by atoms with Crippen LogP contribution in [0.15, 0.2) is 22.7 Å². The van der Waals surface area contributed by atoms with Crippen LogP contribution >= 0.6 is 11.6 Å². The Morgan fingerprint density at radius 3 is 2.93 bits per heavy atom. The first-order valence-electron chi connectivity index (χ1n) is 4.33. The molecule has 0 aliphatic carbocycles. The Bertz CT molecular complexity index is 418. The molecule has 1 aromatic heterocycles. The summed E-state index contributed by atoms with van der Waals surface area (Å²) >= 11 is 5.64. The van der Waals surface area contributed by atoms with Crippen LogP contribution in [0.1, 0.15) is 5.56 Å². The summed E-state index contributed by atoms with van der Waals surface area (Å²) in [5.74, 6) is 0.490. The standard InChI is InChI=1S/C9H12ClN3OS/c1-15(14,13-7-11)5-4-8-2-3-9(10)12-6-8/h2-3,6,15H,4-5H2,1H3,(H,13,14). The topological polar surface area (TPSA) is 69.3 Å². The molecule has 0 amide bonds. The minimum Gasteiger partial charge on any atom is -0.344 e. The minimum absolute atomic E-state index is 0.446. The Balaban J connectivity index is 2.62. The predicted octanol–water partition coefficient (Wildman–Crippen LogP) is 1.93. The highest BCUT2D eigenvalue weighted by Gasteiger charge is 2.03. The van der Waals surface area contributed by atoms with Crippen molar-refractivity contribution in [2.24, 2.45) is 4.36 Å². The van der Waals surface area contributed by atoms with Crippen LogP contribution in [0.5, 0.6) is 0 Å². The van der Waals surface area contributed by atoms with E-state index in [1.54, 1.807) is 24.7 Å². The average Bonchev–Trinajstić information content (AvgIpc) is 2.17. The molecule has 0 radical (unpaired) electrons. The van der Waals surface area contributed by atoms with Crippen LogP contribution in [-0.4, -0.2) is 21.5 Å². The lowest BCUT2D eigenvalue weighted by atomic mass is 10.2. The lowest BCUT2D eigenvalue weighted by molar-refractivity contribution is 0.632. The van der Waals surface area contributed by atoms with Gasteiger partial charge in [-0.1, -0.05) is 27.8 Å². The van der Waals surface area contributed by atoms with E-state index in [1.165, 1.54) is 0 Å². The Hall–Kier alpha value is -0.960. The number of thiol groups is 1. The molecule has 6 heteroatoms. The molecule has 15 heavy (non-hydrogen) atoms. The summed E-state index contributed by atoms with van der Waals surface area (Å²) in [6.45, 7) is 0. The van der Waals surface area contributed by atoms with Crippen LogP contribution in [0, 0.1) is 11.5 Å². The number of aromatic nitrogens is 1. The SMILES string of the molecule is C[SH](O)(CCc1ccc(Cl)nc1)=NC#N. The Morgan fingerprint density at radius 1 is 1.67 bits per heavy atom. The quantitative estimate of drug-likeness (QED) is 0.486. The first-order chi connectivity index (χ1) is 7.03. The second kappa shape index (κ2) is 5.21. The van der Waals surface area contributed by atoms with Gasteiger partial charge in [-0.25, -0.2) is 4.98 Å². The molecule has 1 aromatic rings. The second-order valence-corrected chi connectivity index (χ2v) is 6.46. The third-order valence-electron chi connectivity index (χ3n) is 1.87. The monoisotopic (exact) mass is 245 g/mol. The maximum atomic E-state index is 9.71. The summed E-state index contributed by atoms with van der Waals surface area (Å²) in [5.41, 5.74) is 0.979. The van der Waals surface area contributed by atoms with Crippen LogP contribution in [0.2, 0.25) is 5.15 Å². The molecular formula is C9H12ClN3OS. The normalized spacial score (nSPS) is 11.9. The number of hydrogen-bond acceptors (Lipinski definition) is 3. The number of nitrogens with zero attached hydrogens (tertiary/aromatic N) is 3. The molecule has 0 fully saturated rings. The van der Waals surface area contributed by atoms with Crippen molar-refractivity contribution in [3.63, 3.8) is 0 Å². The fourth-order valence-corrected chi connectivity index (χ4v) is 2.13. The van der Waals surface area contributed by atoms with Gasteiger partial charge in [0.05, 0.1) is 0 Å². The predicted molar refractivity (Wildman–Crippen MR) is 63.2 cm³/mol. The van der Waals surface area contributed by atoms with Crippen LogP contribution in [0.3, 0.4) is 0 Å². The zero-order valence-corrected chi connectivity index (χ0v) is 9.91. The molecule has 0 bridgehead atoms. The van der Waals surface area contributed by atoms with E-state index in [0.717, 1.165) is 5.56 Å². The molecule has 0 saturated heterocycles. The van der Waals surface area contributed by atoms with E-state index in [2.05, 4.69) is 9.35 Å². The van der Waals surface area contributed by atoms with E-state index in [-0.39, 0.29) is 0 Å². The molecule has 82 valence electrons. The Morgan fingerprint density at radius 2 is 2.40 bits per heavy atom. The summed E-state index contributed by atoms with van der Waals surface area (Å²) in [6, 6.07) is 3.55. The van der Waals surface area contributed by atoms with Gasteiger partial charge in [0.1, 0.15) is 5.15 Å². The highest BCUT2D eigenvalue weighted by Crippen LogP contribution is 2.08. The highest BCUT2D eigenvalue weighted by molar-refractivity contribution is 7.99. The maximum absolute atomic E-state index is 9.71. The van der Waals surface area contributed by atoms with Gasteiger partial charge in [-0.05, 0) is 24.3 Å². The minimum atomic E-state index is -2.42. The molecule has 0 aromatic carbocycles. The summed E-state index contributed by atoms with van der Waals surface area (Å²) in [4.78, 5) is 3.93. The third kappa shape index (κ3) is 4.38. The van der Waals surface area contributed by atoms with Gasteiger partial charge in [0.25, 0.3) is 0 Å². The highest BCUT2D eigenvalue weighted by atomic mass is 35.5. The molecule has 4 nitrogen and oxygen atoms in total. The zero-order chi connectivity index (χ0) is 11.3. The van der Waals surface area contributed by atoms with Gasteiger partial charge in [0.2, 0.25) is 6.19 Å². The average molecular weight is 246 g/mol. The summed E-state index contributed by atoms with van der Waals surface area (Å²) in [7, 11) is -2.42. The van der Waals surface area contributed by atoms with Gasteiger partial charge in [0.15, 0.2) is 0 Å². The van der Waals surface area contributed by atoms with E-state index >= 15 is 0 Å². The van der Waals surface area contributed by atoms with Gasteiger partial charge >= 0.3 is 0 Å². The molecule has 0 saturated carbocycles. The van der Waals surface area contributed by atoms with Crippen molar-refractivity contribution in [1.29, 1.82) is 5.26 Å². The van der Waals surface area contributed by atoms with Crippen molar-refractivity contribution < 1.29 is 4.55 Å². The number of pyridine rings is 1. The van der Waals surface area contributed by atoms with Crippen molar-refractivity contribution in [2.75, 3.05) is 12.0 Å². The number of nitriles is 1. The molecule has 1 heterocycles. The third-order valence-corrected chi connectivity index (χ3v) is 3.69. The smallest absolute Gasteiger partial charge is 0.212 e. The van der Waals surface area contributed by atoms with E-state index < -0.39 is 10.1 Å². The fourth-order valence-electron chi connectivity index (χ4n) is 1.04. The fraction of sp³-hybridized carbons (Fsp3) is 0.333. The summed E-state index contributed by atoms with van der Waals surface area (Å²) < 4.78 is 13.2. The van der Waals surface area contributed by atoms with Gasteiger partial charge in [-0.2, -0.15) is 5.26 Å². The molecule has 0 atom stereocenters. The lowest BCUT2D eigenvalue weighted by Gasteiger charge is -2.15. The van der Waals surface area contributed by atoms with Gasteiger partial charge < -0.3 is 4.55 Å². The van der Waals surface area contributed by atoms with Crippen LogP contribution < -0.4 is 0 Å². The van der Waals surface area contributed by atoms with Crippen molar-refractivity contribution >= 4 is 21.7 Å². The first kappa shape index (κ1) is 12.1. The maximum Gasteiger partial charge on any atom is 0.212 e. The van der Waals surface area contributed by atoms with Crippen molar-refractivity contribution in [1.82, 2.24) is 4.98 Å². The number of halogens is 1. The van der Waals surface area contributed by atoms with Gasteiger partial charge in [0, 0.05) is 11.9 Å². The summed E-state index contributed by atoms with van der Waals surface area (Å²) in [6.07, 6.45) is 5.56. The van der Waals surface area contributed by atoms with Crippen LogP contribution in [0.4, 0.5) is 0 Å². The van der Waals surface area contributed by atoms with Gasteiger partial charge in [-0.15, -0.1) is 4.36 Å². The zero-order valence-electron chi connectivity index (χ0n) is 8.26. The first-order valence-corrected chi connectivity index (χ1v) is 7.04. The van der Waals surface area contributed by atoms with E-state index in [0.29, 0.717) is 17.3 Å². The molecule has 0 spiro atoms. The molecule has 1 rings (SSSR count). The second-order valence-electron chi connectivity index (χ2n) is 3.25. The molecule has 0 aliphatic rings. The molecule has 0 aliphatic heterocycles. The van der Waals surface area contributed by atoms with Crippen molar-refractivity contribution in [3.8, 4) is 6.19 Å². The lowest BCUT2D eigenvalue weighted by Crippen LogP contribution is -2.14. The Labute approximate surface area is 94.8 Å². The van der Waals surface area contributed by atoms with E-state index in [1.807, 2.05) is 6.07 Å². The van der Waals surface area contributed by atoms with E-state index in [4.69, 9.17) is 16.9 Å². The van der Waals surface area contributed by atoms with Crippen molar-refractivity contribution in [3.05, 3.63) is 29.0 Å². The van der Waals surface area contributed by atoms with Crippen LogP contribution in [0.25, 0.3) is 0 Å². The van der Waals surface area contributed by atoms with Gasteiger partial charge in [-0.3, -0.25) is 0 Å². The Kier molecular flexibility index (Phi) is 4.21. The number of aryl methyl sites for hydroxylation is 1. The summed E-state index contributed by atoms with van der Waals surface area (Å²) in [5, 5.41) is 8.80. The van der Waals surface area contributed by atoms with Crippen molar-refractivity contribution in [2.45, 2.75) is 6.42 Å². The molecular weight excluding hydrogens is 234 g/mol. The van der Waals surface area contributed by atoms with E-state index in [9.17, 15) is 4.55 Å². The molecule has 0 unspecified atom stereocenters. The molecule has 1 N–H and O–H groups in total. The van der Waals surface area contributed by atoms with Crippen LogP contribution in [-0.2, 0) is 16.5 Å². The number of rotatable bonds is 3. The number of hydrogen-bond donors (Lipinski definition) is 2. The largest absolute Gasteiger partial charge is 0.344 e.